The molecule has 0 aliphatic heterocycles. The molecular formula is C11H17NO2. The van der Waals surface area contributed by atoms with Crippen LogP contribution in [-0.4, -0.2) is 20.1 Å². The predicted octanol–water partition coefficient (Wildman–Crippen LogP) is 2.22. The van der Waals surface area contributed by atoms with E-state index in [9.17, 15) is 4.79 Å². The van der Waals surface area contributed by atoms with Crippen LogP contribution >= 0.6 is 0 Å². The molecule has 0 saturated carbocycles. The Kier molecular flexibility index (Phi) is 7.46. The van der Waals surface area contributed by atoms with Gasteiger partial charge in [0.1, 0.15) is 0 Å². The molecule has 0 aliphatic carbocycles. The molecule has 0 radical (unpaired) electrons. The number of ether oxygens (including phenoxy) is 1. The second kappa shape index (κ2) is 8.26. The average molecular weight is 195 g/mol. The molecule has 1 rings (SSSR count). The smallest absolute Gasteiger partial charge is 0.211 e. The summed E-state index contributed by atoms with van der Waals surface area (Å²) >= 11 is 0. The first-order chi connectivity index (χ1) is 6.74. The summed E-state index contributed by atoms with van der Waals surface area (Å²) in [4.78, 5) is 9.97. The maximum Gasteiger partial charge on any atom is 0.211 e. The van der Waals surface area contributed by atoms with Crippen molar-refractivity contribution < 1.29 is 9.53 Å². The molecular weight excluding hydrogens is 178 g/mol. The third-order valence-corrected chi connectivity index (χ3v) is 1.53. The lowest BCUT2D eigenvalue weighted by atomic mass is 10.2. The Balaban J connectivity index is 0.000000364. The number of methoxy groups -OCH3 is 1. The predicted molar refractivity (Wildman–Crippen MR) is 58.4 cm³/mol. The summed E-state index contributed by atoms with van der Waals surface area (Å²) in [6, 6.07) is 7.65. The molecule has 1 amide bonds. The molecule has 0 atom stereocenters. The number of rotatable bonds is 3. The largest absolute Gasteiger partial charge is 0.385 e. The topological polar surface area (TPSA) is 38.3 Å². The summed E-state index contributed by atoms with van der Waals surface area (Å²) in [5.41, 5.74) is 1.99. The first-order valence-corrected chi connectivity index (χ1v) is 4.50. The van der Waals surface area contributed by atoms with Crippen molar-refractivity contribution in [2.24, 2.45) is 0 Å². The number of carbonyl (C=O) groups is 1. The molecule has 3 nitrogen and oxygen atoms in total. The maximum absolute atomic E-state index is 9.97. The second-order valence-electron chi connectivity index (χ2n) is 2.71. The van der Waals surface area contributed by atoms with Crippen LogP contribution in [0.5, 0.6) is 0 Å². The number of hydrogen-bond acceptors (Lipinski definition) is 2. The Labute approximate surface area is 85.1 Å². The van der Waals surface area contributed by atoms with Gasteiger partial charge < -0.3 is 10.1 Å². The van der Waals surface area contributed by atoms with Crippen LogP contribution in [0.2, 0.25) is 0 Å². The lowest BCUT2D eigenvalue weighted by Crippen LogP contribution is -1.92. The van der Waals surface area contributed by atoms with Crippen LogP contribution in [0.1, 0.15) is 12.5 Å². The Hall–Kier alpha value is -1.35. The summed E-state index contributed by atoms with van der Waals surface area (Å²) in [5, 5.41) is 2.57. The Morgan fingerprint density at radius 1 is 1.50 bits per heavy atom. The fraction of sp³-hybridized carbons (Fsp3) is 0.364. The van der Waals surface area contributed by atoms with Gasteiger partial charge in [-0.25, -0.2) is 0 Å². The third-order valence-electron chi connectivity index (χ3n) is 1.53. The normalized spacial score (nSPS) is 8.50. The monoisotopic (exact) mass is 195 g/mol. The summed E-state index contributed by atoms with van der Waals surface area (Å²) < 4.78 is 4.54. The van der Waals surface area contributed by atoms with E-state index in [1.165, 1.54) is 0 Å². The van der Waals surface area contributed by atoms with Gasteiger partial charge in [-0.1, -0.05) is 12.1 Å². The molecule has 0 bridgehead atoms. The van der Waals surface area contributed by atoms with Gasteiger partial charge in [-0.05, 0) is 31.5 Å². The Bertz CT molecular complexity index is 259. The van der Waals surface area contributed by atoms with Crippen molar-refractivity contribution in [1.29, 1.82) is 0 Å². The van der Waals surface area contributed by atoms with Gasteiger partial charge in [0.15, 0.2) is 0 Å². The standard InChI is InChI=1S/C8H9NO.C3H8O/c1-7-3-2-4-8(5-7)9-6-10;1-3-4-2/h2-6H,1H3,(H,9,10);3H2,1-2H3. The minimum absolute atomic E-state index is 0.675. The van der Waals surface area contributed by atoms with E-state index in [4.69, 9.17) is 0 Å². The lowest BCUT2D eigenvalue weighted by molar-refractivity contribution is -0.105. The van der Waals surface area contributed by atoms with Crippen molar-refractivity contribution in [3.63, 3.8) is 0 Å². The van der Waals surface area contributed by atoms with Crippen molar-refractivity contribution >= 4 is 12.1 Å². The number of hydrogen-bond donors (Lipinski definition) is 1. The van der Waals surface area contributed by atoms with Gasteiger partial charge >= 0.3 is 0 Å². The number of benzene rings is 1. The van der Waals surface area contributed by atoms with Gasteiger partial charge in [0, 0.05) is 19.4 Å². The van der Waals surface area contributed by atoms with Crippen molar-refractivity contribution in [2.45, 2.75) is 13.8 Å². The van der Waals surface area contributed by atoms with Crippen molar-refractivity contribution in [2.75, 3.05) is 19.0 Å². The lowest BCUT2D eigenvalue weighted by Gasteiger charge is -1.97. The van der Waals surface area contributed by atoms with E-state index < -0.39 is 0 Å². The molecule has 0 aromatic heterocycles. The fourth-order valence-corrected chi connectivity index (χ4v) is 0.803. The molecule has 1 N–H and O–H groups in total. The summed E-state index contributed by atoms with van der Waals surface area (Å²) in [5.74, 6) is 0. The summed E-state index contributed by atoms with van der Waals surface area (Å²) in [7, 11) is 1.68. The van der Waals surface area contributed by atoms with Crippen LogP contribution in [0.15, 0.2) is 24.3 Å². The molecule has 3 heteroatoms. The van der Waals surface area contributed by atoms with Crippen LogP contribution in [0, 0.1) is 6.92 Å². The Morgan fingerprint density at radius 3 is 2.57 bits per heavy atom. The number of amides is 1. The third kappa shape index (κ3) is 6.20. The first-order valence-electron chi connectivity index (χ1n) is 4.50. The minimum Gasteiger partial charge on any atom is -0.385 e. The first kappa shape index (κ1) is 12.7. The molecule has 0 aliphatic rings. The Morgan fingerprint density at radius 2 is 2.14 bits per heavy atom. The quantitative estimate of drug-likeness (QED) is 0.751. The highest BCUT2D eigenvalue weighted by Crippen LogP contribution is 2.07. The fourth-order valence-electron chi connectivity index (χ4n) is 0.803. The summed E-state index contributed by atoms with van der Waals surface area (Å²) in [6.07, 6.45) is 0.675. The highest BCUT2D eigenvalue weighted by molar-refractivity contribution is 5.71. The minimum atomic E-state index is 0.675. The zero-order valence-electron chi connectivity index (χ0n) is 8.91. The highest BCUT2D eigenvalue weighted by atomic mass is 16.5. The highest BCUT2D eigenvalue weighted by Gasteiger charge is 1.87. The van der Waals surface area contributed by atoms with Crippen LogP contribution in [0.4, 0.5) is 5.69 Å². The summed E-state index contributed by atoms with van der Waals surface area (Å²) in [6.45, 7) is 4.76. The van der Waals surface area contributed by atoms with Crippen molar-refractivity contribution in [3.8, 4) is 0 Å². The number of carbonyl (C=O) groups excluding carboxylic acids is 1. The SMILES string of the molecule is CCOC.Cc1cccc(NC=O)c1. The molecule has 1 aromatic rings. The molecule has 0 unspecified atom stereocenters. The van der Waals surface area contributed by atoms with E-state index in [-0.39, 0.29) is 0 Å². The second-order valence-corrected chi connectivity index (χ2v) is 2.71. The van der Waals surface area contributed by atoms with Gasteiger partial charge in [0.05, 0.1) is 0 Å². The average Bonchev–Trinajstić information content (AvgIpc) is 2.19. The molecule has 14 heavy (non-hydrogen) atoms. The molecule has 0 heterocycles. The van der Waals surface area contributed by atoms with E-state index in [0.717, 1.165) is 17.9 Å². The van der Waals surface area contributed by atoms with Gasteiger partial charge in [-0.15, -0.1) is 0 Å². The molecule has 1 aromatic carbocycles. The van der Waals surface area contributed by atoms with E-state index in [1.807, 2.05) is 38.1 Å². The van der Waals surface area contributed by atoms with E-state index >= 15 is 0 Å². The molecule has 78 valence electrons. The number of anilines is 1. The molecule has 0 spiro atoms. The number of nitrogens with one attached hydrogen (secondary N) is 1. The van der Waals surface area contributed by atoms with E-state index in [1.54, 1.807) is 7.11 Å². The van der Waals surface area contributed by atoms with Gasteiger partial charge in [-0.3, -0.25) is 4.79 Å². The van der Waals surface area contributed by atoms with E-state index in [0.29, 0.717) is 6.41 Å². The van der Waals surface area contributed by atoms with Crippen LogP contribution in [0.3, 0.4) is 0 Å². The van der Waals surface area contributed by atoms with Crippen molar-refractivity contribution in [1.82, 2.24) is 0 Å². The zero-order valence-corrected chi connectivity index (χ0v) is 8.91. The molecule has 0 fully saturated rings. The zero-order chi connectivity index (χ0) is 10.8. The van der Waals surface area contributed by atoms with E-state index in [2.05, 4.69) is 10.1 Å². The molecule has 0 saturated heterocycles. The van der Waals surface area contributed by atoms with Crippen LogP contribution in [0.25, 0.3) is 0 Å². The van der Waals surface area contributed by atoms with Gasteiger partial charge in [0.25, 0.3) is 0 Å². The van der Waals surface area contributed by atoms with Crippen LogP contribution < -0.4 is 5.32 Å². The maximum atomic E-state index is 9.97. The van der Waals surface area contributed by atoms with Gasteiger partial charge in [0.2, 0.25) is 6.41 Å². The number of aryl methyl sites for hydroxylation is 1. The van der Waals surface area contributed by atoms with Crippen molar-refractivity contribution in [3.05, 3.63) is 29.8 Å². The van der Waals surface area contributed by atoms with Crippen LogP contribution in [-0.2, 0) is 9.53 Å². The van der Waals surface area contributed by atoms with Gasteiger partial charge in [-0.2, -0.15) is 0 Å².